The minimum absolute atomic E-state index is 0.762. The molecule has 7 heteroatoms. The van der Waals surface area contributed by atoms with E-state index in [-0.39, 0.29) is 0 Å². The molecule has 0 bridgehead atoms. The second-order valence-electron chi connectivity index (χ2n) is 8.18. The van der Waals surface area contributed by atoms with Crippen molar-refractivity contribution in [2.45, 2.75) is 13.8 Å². The van der Waals surface area contributed by atoms with Gasteiger partial charge in [-0.1, -0.05) is 31.7 Å². The van der Waals surface area contributed by atoms with Gasteiger partial charge in [0.05, 0.1) is 23.1 Å². The van der Waals surface area contributed by atoms with Crippen molar-refractivity contribution in [1.29, 1.82) is 0 Å². The van der Waals surface area contributed by atoms with Crippen molar-refractivity contribution in [3.05, 3.63) is 91.2 Å². The second kappa shape index (κ2) is 9.87. The van der Waals surface area contributed by atoms with Crippen LogP contribution in [-0.4, -0.2) is 43.2 Å². The number of allylic oxidation sites excluding steroid dienone is 3. The van der Waals surface area contributed by atoms with E-state index in [2.05, 4.69) is 79.3 Å². The lowest BCUT2D eigenvalue weighted by Crippen LogP contribution is -2.15. The molecule has 0 spiro atoms. The number of pyridine rings is 3. The summed E-state index contributed by atoms with van der Waals surface area (Å²) in [6.45, 7) is 9.73. The summed E-state index contributed by atoms with van der Waals surface area (Å²) in [5, 5.41) is 13.1. The number of nitrogens with one attached hydrogen (secondary N) is 3. The lowest BCUT2D eigenvalue weighted by atomic mass is 10.0. The monoisotopic (exact) mass is 461 g/mol. The molecule has 0 fully saturated rings. The highest BCUT2D eigenvalue weighted by Gasteiger charge is 2.15. The maximum absolute atomic E-state index is 4.68. The van der Waals surface area contributed by atoms with Crippen molar-refractivity contribution >= 4 is 27.5 Å². The van der Waals surface area contributed by atoms with E-state index in [0.29, 0.717) is 0 Å². The Morgan fingerprint density at radius 1 is 1.11 bits per heavy atom. The molecular formula is C28H27N7. The van der Waals surface area contributed by atoms with Crippen molar-refractivity contribution in [2.24, 2.45) is 0 Å². The van der Waals surface area contributed by atoms with Crippen molar-refractivity contribution in [1.82, 2.24) is 35.5 Å². The molecule has 0 aliphatic carbocycles. The first-order valence-electron chi connectivity index (χ1n) is 11.6. The van der Waals surface area contributed by atoms with Crippen molar-refractivity contribution in [3.8, 4) is 22.5 Å². The van der Waals surface area contributed by atoms with Crippen LogP contribution in [0.4, 0.5) is 0 Å². The maximum Gasteiger partial charge on any atom is 0.138 e. The van der Waals surface area contributed by atoms with Crippen LogP contribution in [0.5, 0.6) is 0 Å². The summed E-state index contributed by atoms with van der Waals surface area (Å²) >= 11 is 0. The Kier molecular flexibility index (Phi) is 6.32. The molecule has 5 aromatic heterocycles. The molecule has 0 unspecified atom stereocenters. The summed E-state index contributed by atoms with van der Waals surface area (Å²) in [6, 6.07) is 10.2. The number of fused-ring (bicyclic) bond motifs is 2. The Balaban J connectivity index is 1.58. The first-order chi connectivity index (χ1) is 17.2. The summed E-state index contributed by atoms with van der Waals surface area (Å²) in [5.74, 6) is 0. The molecule has 5 heterocycles. The van der Waals surface area contributed by atoms with Gasteiger partial charge in [0.2, 0.25) is 0 Å². The van der Waals surface area contributed by atoms with E-state index >= 15 is 0 Å². The third-order valence-electron chi connectivity index (χ3n) is 6.00. The number of aromatic nitrogens is 6. The largest absolute Gasteiger partial charge is 0.338 e. The minimum atomic E-state index is 0.762. The van der Waals surface area contributed by atoms with E-state index in [1.165, 1.54) is 0 Å². The Morgan fingerprint density at radius 3 is 2.80 bits per heavy atom. The second-order valence-corrected chi connectivity index (χ2v) is 8.18. The average molecular weight is 462 g/mol. The highest BCUT2D eigenvalue weighted by atomic mass is 15.1. The number of rotatable bonds is 8. The molecular weight excluding hydrogens is 434 g/mol. The van der Waals surface area contributed by atoms with E-state index < -0.39 is 0 Å². The van der Waals surface area contributed by atoms with Gasteiger partial charge >= 0.3 is 0 Å². The number of hydrogen-bond acceptors (Lipinski definition) is 5. The number of likely N-dealkylation sites (N-methyl/N-ethyl adjacent to an activating group) is 1. The number of H-pyrrole nitrogens is 2. The van der Waals surface area contributed by atoms with Crippen LogP contribution >= 0.6 is 0 Å². The van der Waals surface area contributed by atoms with Crippen LogP contribution in [0.2, 0.25) is 0 Å². The van der Waals surface area contributed by atoms with Gasteiger partial charge in [-0.15, -0.1) is 0 Å². The van der Waals surface area contributed by atoms with E-state index in [0.717, 1.165) is 74.4 Å². The van der Waals surface area contributed by atoms with Gasteiger partial charge in [0.15, 0.2) is 0 Å². The third kappa shape index (κ3) is 4.41. The Morgan fingerprint density at radius 2 is 2.03 bits per heavy atom. The molecule has 0 atom stereocenters. The zero-order valence-electron chi connectivity index (χ0n) is 19.8. The molecule has 0 aliphatic rings. The molecule has 7 nitrogen and oxygen atoms in total. The summed E-state index contributed by atoms with van der Waals surface area (Å²) in [5.41, 5.74) is 8.54. The lowest BCUT2D eigenvalue weighted by Gasteiger charge is -2.06. The predicted molar refractivity (Wildman–Crippen MR) is 143 cm³/mol. The molecule has 5 aromatic rings. The average Bonchev–Trinajstić information content (AvgIpc) is 3.53. The van der Waals surface area contributed by atoms with Crippen LogP contribution in [-0.2, 0) is 0 Å². The van der Waals surface area contributed by atoms with Crippen LogP contribution in [0.25, 0.3) is 50.0 Å². The first kappa shape index (κ1) is 22.4. The van der Waals surface area contributed by atoms with Gasteiger partial charge in [0.25, 0.3) is 0 Å². The van der Waals surface area contributed by atoms with Crippen LogP contribution in [0, 0.1) is 0 Å². The predicted octanol–water partition coefficient (Wildman–Crippen LogP) is 5.69. The fourth-order valence-corrected chi connectivity index (χ4v) is 4.16. The first-order valence-corrected chi connectivity index (χ1v) is 11.6. The lowest BCUT2D eigenvalue weighted by molar-refractivity contribution is 0.785. The fourth-order valence-electron chi connectivity index (χ4n) is 4.16. The van der Waals surface area contributed by atoms with Crippen molar-refractivity contribution in [3.63, 3.8) is 0 Å². The molecule has 174 valence electrons. The Labute approximate surface area is 203 Å². The zero-order chi connectivity index (χ0) is 24.2. The Hall–Kier alpha value is -4.36. The topological polar surface area (TPSA) is 95.2 Å². The van der Waals surface area contributed by atoms with Gasteiger partial charge in [-0.05, 0) is 60.5 Å². The minimum Gasteiger partial charge on any atom is -0.338 e. The molecule has 3 N–H and O–H groups in total. The normalized spacial score (nSPS) is 12.5. The van der Waals surface area contributed by atoms with Gasteiger partial charge in [0, 0.05) is 41.5 Å². The highest BCUT2D eigenvalue weighted by molar-refractivity contribution is 6.00. The number of nitrogens with zero attached hydrogens (tertiary/aromatic N) is 4. The SMILES string of the molecule is C=C/C(=C\C(=C/C)c1cc2c(-c3cc4c(-c5cccnc5)ccnc4[nH]3)n[nH]c2cn1)CNCC. The number of hydrogen-bond donors (Lipinski definition) is 3. The highest BCUT2D eigenvalue weighted by Crippen LogP contribution is 2.33. The van der Waals surface area contributed by atoms with Crippen molar-refractivity contribution < 1.29 is 0 Å². The molecule has 0 saturated heterocycles. The molecule has 0 aromatic carbocycles. The molecule has 5 rings (SSSR count). The zero-order valence-corrected chi connectivity index (χ0v) is 19.8. The van der Waals surface area contributed by atoms with E-state index in [4.69, 9.17) is 0 Å². The quantitative estimate of drug-likeness (QED) is 0.258. The van der Waals surface area contributed by atoms with E-state index in [1.807, 2.05) is 43.7 Å². The summed E-state index contributed by atoms with van der Waals surface area (Å²) in [6.07, 6.45) is 13.4. The summed E-state index contributed by atoms with van der Waals surface area (Å²) in [4.78, 5) is 16.9. The molecule has 0 saturated carbocycles. The Bertz CT molecular complexity index is 1550. The van der Waals surface area contributed by atoms with Gasteiger partial charge in [-0.2, -0.15) is 5.10 Å². The fraction of sp³-hybridized carbons (Fsp3) is 0.143. The maximum atomic E-state index is 4.68. The molecule has 0 aliphatic heterocycles. The van der Waals surface area contributed by atoms with Crippen LogP contribution in [0.3, 0.4) is 0 Å². The smallest absolute Gasteiger partial charge is 0.138 e. The third-order valence-corrected chi connectivity index (χ3v) is 6.00. The summed E-state index contributed by atoms with van der Waals surface area (Å²) in [7, 11) is 0. The van der Waals surface area contributed by atoms with Gasteiger partial charge < -0.3 is 10.3 Å². The standard InChI is InChI=1S/C28H27N7/c1-4-18(15-29-6-3)12-19(5-2)24-14-23-26(17-32-24)34-35-27(23)25-13-22-21(9-11-31-28(22)33-25)20-8-7-10-30-16-20/h4-5,7-14,16-17,29H,1,6,15H2,2-3H3,(H,31,33)(H,34,35)/b18-12+,19-5+. The van der Waals surface area contributed by atoms with Crippen molar-refractivity contribution in [2.75, 3.05) is 13.1 Å². The van der Waals surface area contributed by atoms with E-state index in [1.54, 1.807) is 6.20 Å². The van der Waals surface area contributed by atoms with Gasteiger partial charge in [-0.25, -0.2) is 4.98 Å². The van der Waals surface area contributed by atoms with E-state index in [9.17, 15) is 0 Å². The molecule has 35 heavy (non-hydrogen) atoms. The van der Waals surface area contributed by atoms with Crippen LogP contribution in [0.15, 0.2) is 85.5 Å². The van der Waals surface area contributed by atoms with Gasteiger partial charge in [-0.3, -0.25) is 15.1 Å². The van der Waals surface area contributed by atoms with Gasteiger partial charge in [0.1, 0.15) is 11.3 Å². The van der Waals surface area contributed by atoms with Crippen LogP contribution in [0.1, 0.15) is 19.5 Å². The van der Waals surface area contributed by atoms with Crippen LogP contribution < -0.4 is 5.32 Å². The molecule has 0 radical (unpaired) electrons. The molecule has 0 amide bonds. The summed E-state index contributed by atoms with van der Waals surface area (Å²) < 4.78 is 0. The number of aromatic amines is 2.